The maximum absolute atomic E-state index is 11.6. The highest BCUT2D eigenvalue weighted by atomic mass is 16.4. The first kappa shape index (κ1) is 14.7. The predicted molar refractivity (Wildman–Crippen MR) is 70.3 cm³/mol. The smallest absolute Gasteiger partial charge is 0.311 e. The molecule has 1 unspecified atom stereocenters. The van der Waals surface area contributed by atoms with Crippen LogP contribution >= 0.6 is 0 Å². The zero-order valence-electron chi connectivity index (χ0n) is 11.6. The first-order chi connectivity index (χ1) is 8.37. The van der Waals surface area contributed by atoms with Crippen molar-refractivity contribution >= 4 is 5.97 Å². The average Bonchev–Trinajstić information content (AvgIpc) is 2.65. The van der Waals surface area contributed by atoms with Crippen molar-refractivity contribution in [1.29, 1.82) is 0 Å². The number of carboxylic acid groups (broad SMARTS) is 1. The van der Waals surface area contributed by atoms with Crippen LogP contribution in [0, 0.1) is 18.3 Å². The Morgan fingerprint density at radius 1 is 1.61 bits per heavy atom. The van der Waals surface area contributed by atoms with Crippen LogP contribution in [0.3, 0.4) is 0 Å². The highest BCUT2D eigenvalue weighted by molar-refractivity contribution is 5.75. The molecule has 5 nitrogen and oxygen atoms in total. The van der Waals surface area contributed by atoms with Crippen LogP contribution in [0.5, 0.6) is 0 Å². The van der Waals surface area contributed by atoms with E-state index in [-0.39, 0.29) is 12.5 Å². The Balaban J connectivity index is 3.14. The monoisotopic (exact) mass is 253 g/mol. The van der Waals surface area contributed by atoms with E-state index in [4.69, 9.17) is 5.73 Å². The normalized spacial score (nSPS) is 14.8. The van der Waals surface area contributed by atoms with E-state index in [1.165, 1.54) is 0 Å². The SMILES string of the molecule is CCn1nc(C)cc1CC(CN)(C(=O)O)C(C)C. The van der Waals surface area contributed by atoms with Gasteiger partial charge in [0.25, 0.3) is 0 Å². The standard InChI is InChI=1S/C13H23N3O2/c1-5-16-11(6-10(4)15-16)7-13(8-14,9(2)3)12(17)18/h6,9H,5,7-8,14H2,1-4H3,(H,17,18). The van der Waals surface area contributed by atoms with Crippen LogP contribution in [0.25, 0.3) is 0 Å². The molecule has 1 aromatic heterocycles. The van der Waals surface area contributed by atoms with Gasteiger partial charge in [0.1, 0.15) is 0 Å². The van der Waals surface area contributed by atoms with E-state index in [1.807, 2.05) is 38.4 Å². The van der Waals surface area contributed by atoms with Gasteiger partial charge in [-0.05, 0) is 25.8 Å². The zero-order valence-corrected chi connectivity index (χ0v) is 11.6. The van der Waals surface area contributed by atoms with E-state index in [2.05, 4.69) is 5.10 Å². The van der Waals surface area contributed by atoms with Crippen molar-refractivity contribution in [1.82, 2.24) is 9.78 Å². The lowest BCUT2D eigenvalue weighted by Crippen LogP contribution is -2.45. The Labute approximate surface area is 108 Å². The number of nitrogens with zero attached hydrogens (tertiary/aromatic N) is 2. The van der Waals surface area contributed by atoms with Gasteiger partial charge in [0.05, 0.1) is 11.1 Å². The van der Waals surface area contributed by atoms with Crippen molar-refractivity contribution < 1.29 is 9.90 Å². The van der Waals surface area contributed by atoms with Crippen LogP contribution in [0.2, 0.25) is 0 Å². The van der Waals surface area contributed by atoms with E-state index in [1.54, 1.807) is 0 Å². The number of hydrogen-bond acceptors (Lipinski definition) is 3. The lowest BCUT2D eigenvalue weighted by Gasteiger charge is -2.32. The molecule has 0 bridgehead atoms. The lowest BCUT2D eigenvalue weighted by atomic mass is 9.73. The molecule has 0 aliphatic heterocycles. The fraction of sp³-hybridized carbons (Fsp3) is 0.692. The van der Waals surface area contributed by atoms with Crippen LogP contribution < -0.4 is 5.73 Å². The number of hydrogen-bond donors (Lipinski definition) is 2. The lowest BCUT2D eigenvalue weighted by molar-refractivity contribution is -0.151. The molecule has 0 fully saturated rings. The van der Waals surface area contributed by atoms with Crippen LogP contribution in [0.1, 0.15) is 32.2 Å². The van der Waals surface area contributed by atoms with Crippen LogP contribution in [-0.2, 0) is 17.8 Å². The summed E-state index contributed by atoms with van der Waals surface area (Å²) in [7, 11) is 0. The van der Waals surface area contributed by atoms with Crippen molar-refractivity contribution in [3.05, 3.63) is 17.5 Å². The maximum atomic E-state index is 11.6. The van der Waals surface area contributed by atoms with Crippen LogP contribution in [-0.4, -0.2) is 27.4 Å². The first-order valence-electron chi connectivity index (χ1n) is 6.34. The summed E-state index contributed by atoms with van der Waals surface area (Å²) in [6, 6.07) is 1.94. The maximum Gasteiger partial charge on any atom is 0.311 e. The Morgan fingerprint density at radius 2 is 2.22 bits per heavy atom. The molecule has 102 valence electrons. The number of aryl methyl sites for hydroxylation is 2. The van der Waals surface area contributed by atoms with Gasteiger partial charge in [-0.25, -0.2) is 0 Å². The van der Waals surface area contributed by atoms with Gasteiger partial charge < -0.3 is 10.8 Å². The molecule has 1 aromatic rings. The highest BCUT2D eigenvalue weighted by Crippen LogP contribution is 2.31. The molecule has 0 aromatic carbocycles. The highest BCUT2D eigenvalue weighted by Gasteiger charge is 2.41. The topological polar surface area (TPSA) is 81.1 Å². The van der Waals surface area contributed by atoms with Gasteiger partial charge in [-0.15, -0.1) is 0 Å². The molecule has 18 heavy (non-hydrogen) atoms. The summed E-state index contributed by atoms with van der Waals surface area (Å²) in [4.78, 5) is 11.6. The van der Waals surface area contributed by atoms with Gasteiger partial charge in [0, 0.05) is 25.2 Å². The van der Waals surface area contributed by atoms with Gasteiger partial charge in [0.2, 0.25) is 0 Å². The minimum absolute atomic E-state index is 0.0273. The minimum atomic E-state index is -0.917. The number of nitrogens with two attached hydrogens (primary N) is 1. The van der Waals surface area contributed by atoms with E-state index < -0.39 is 11.4 Å². The van der Waals surface area contributed by atoms with Gasteiger partial charge in [0.15, 0.2) is 0 Å². The summed E-state index contributed by atoms with van der Waals surface area (Å²) in [6.45, 7) is 8.59. The molecular formula is C13H23N3O2. The fourth-order valence-electron chi connectivity index (χ4n) is 2.26. The molecule has 0 amide bonds. The Kier molecular flexibility index (Phi) is 4.51. The minimum Gasteiger partial charge on any atom is -0.481 e. The molecule has 5 heteroatoms. The largest absolute Gasteiger partial charge is 0.481 e. The molecule has 1 atom stereocenters. The van der Waals surface area contributed by atoms with E-state index in [0.29, 0.717) is 6.42 Å². The number of aliphatic carboxylic acids is 1. The number of carbonyl (C=O) groups is 1. The molecule has 0 radical (unpaired) electrons. The second-order valence-electron chi connectivity index (χ2n) is 5.09. The summed E-state index contributed by atoms with van der Waals surface area (Å²) in [5.74, 6) is -0.859. The molecule has 1 heterocycles. The third-order valence-corrected chi connectivity index (χ3v) is 3.68. The van der Waals surface area contributed by atoms with Crippen molar-refractivity contribution in [2.45, 2.75) is 40.7 Å². The Morgan fingerprint density at radius 3 is 2.61 bits per heavy atom. The van der Waals surface area contributed by atoms with Gasteiger partial charge in [-0.2, -0.15) is 5.10 Å². The quantitative estimate of drug-likeness (QED) is 0.803. The number of carboxylic acids is 1. The number of rotatable bonds is 6. The van der Waals surface area contributed by atoms with Crippen LogP contribution in [0.4, 0.5) is 0 Å². The van der Waals surface area contributed by atoms with E-state index in [0.717, 1.165) is 17.9 Å². The molecule has 3 N–H and O–H groups in total. The summed E-state index contributed by atoms with van der Waals surface area (Å²) >= 11 is 0. The summed E-state index contributed by atoms with van der Waals surface area (Å²) in [6.07, 6.45) is 0.422. The zero-order chi connectivity index (χ0) is 13.9. The molecule has 1 rings (SSSR count). The molecule has 0 spiro atoms. The van der Waals surface area contributed by atoms with Gasteiger partial charge >= 0.3 is 5.97 Å². The number of aromatic nitrogens is 2. The van der Waals surface area contributed by atoms with Crippen molar-refractivity contribution in [3.63, 3.8) is 0 Å². The van der Waals surface area contributed by atoms with Gasteiger partial charge in [-0.1, -0.05) is 13.8 Å². The molecular weight excluding hydrogens is 230 g/mol. The molecule has 0 aliphatic rings. The third-order valence-electron chi connectivity index (χ3n) is 3.68. The fourth-order valence-corrected chi connectivity index (χ4v) is 2.26. The summed E-state index contributed by atoms with van der Waals surface area (Å²) in [5.41, 5.74) is 6.68. The summed E-state index contributed by atoms with van der Waals surface area (Å²) < 4.78 is 1.85. The third kappa shape index (κ3) is 2.56. The van der Waals surface area contributed by atoms with E-state index in [9.17, 15) is 9.90 Å². The Hall–Kier alpha value is -1.36. The first-order valence-corrected chi connectivity index (χ1v) is 6.34. The predicted octanol–water partition coefficient (Wildman–Crippen LogP) is 1.44. The molecule has 0 saturated heterocycles. The van der Waals surface area contributed by atoms with Crippen molar-refractivity contribution in [2.75, 3.05) is 6.54 Å². The second kappa shape index (κ2) is 5.52. The van der Waals surface area contributed by atoms with Crippen LogP contribution in [0.15, 0.2) is 6.07 Å². The van der Waals surface area contributed by atoms with Crippen molar-refractivity contribution in [3.8, 4) is 0 Å². The second-order valence-corrected chi connectivity index (χ2v) is 5.09. The average molecular weight is 253 g/mol. The Bertz CT molecular complexity index is 426. The molecule has 0 aliphatic carbocycles. The van der Waals surface area contributed by atoms with Gasteiger partial charge in [-0.3, -0.25) is 9.48 Å². The van der Waals surface area contributed by atoms with Crippen molar-refractivity contribution in [2.24, 2.45) is 17.1 Å². The van der Waals surface area contributed by atoms with E-state index >= 15 is 0 Å². The summed E-state index contributed by atoms with van der Waals surface area (Å²) in [5, 5.41) is 13.9. The molecule has 0 saturated carbocycles.